The highest BCUT2D eigenvalue weighted by atomic mass is 32.1. The van der Waals surface area contributed by atoms with Crippen molar-refractivity contribution in [3.63, 3.8) is 0 Å². The van der Waals surface area contributed by atoms with Gasteiger partial charge in [0.2, 0.25) is 0 Å². The molecule has 2 aromatic rings. The topological polar surface area (TPSA) is 36.4 Å². The summed E-state index contributed by atoms with van der Waals surface area (Å²) >= 11 is 1.53. The molecule has 1 aromatic heterocycles. The largest absolute Gasteiger partial charge is 0.335 e. The molecule has 1 saturated heterocycles. The molecule has 1 aliphatic rings. The van der Waals surface area contributed by atoms with E-state index in [-0.39, 0.29) is 5.91 Å². The van der Waals surface area contributed by atoms with Crippen LogP contribution in [0.2, 0.25) is 0 Å². The summed E-state index contributed by atoms with van der Waals surface area (Å²) < 4.78 is 0. The molecular weight excluding hydrogens is 354 g/mol. The average molecular weight is 386 g/mol. The van der Waals surface area contributed by atoms with Gasteiger partial charge >= 0.3 is 0 Å². The maximum absolute atomic E-state index is 13.0. The Bertz CT molecular complexity index is 758. The van der Waals surface area contributed by atoms with Gasteiger partial charge in [-0.3, -0.25) is 9.69 Å². The summed E-state index contributed by atoms with van der Waals surface area (Å²) in [6.07, 6.45) is 3.56. The SMILES string of the molecule is CCCCc1ccc(-c2nc(C)c(C(=O)N3CCN(C(C)C)CC3)s2)cc1. The number of aryl methyl sites for hydroxylation is 2. The lowest BCUT2D eigenvalue weighted by Crippen LogP contribution is -2.50. The fourth-order valence-corrected chi connectivity index (χ4v) is 4.54. The Kier molecular flexibility index (Phi) is 6.66. The summed E-state index contributed by atoms with van der Waals surface area (Å²) in [5.41, 5.74) is 3.32. The molecule has 4 nitrogen and oxygen atoms in total. The fraction of sp³-hybridized carbons (Fsp3) is 0.545. The number of rotatable bonds is 6. The highest BCUT2D eigenvalue weighted by Gasteiger charge is 2.26. The van der Waals surface area contributed by atoms with Crippen LogP contribution in [-0.4, -0.2) is 52.9 Å². The van der Waals surface area contributed by atoms with Crippen molar-refractivity contribution in [1.82, 2.24) is 14.8 Å². The van der Waals surface area contributed by atoms with Crippen LogP contribution in [0.5, 0.6) is 0 Å². The molecule has 0 spiro atoms. The van der Waals surface area contributed by atoms with Crippen molar-refractivity contribution in [3.05, 3.63) is 40.4 Å². The van der Waals surface area contributed by atoms with Crippen LogP contribution in [0.3, 0.4) is 0 Å². The van der Waals surface area contributed by atoms with Crippen LogP contribution in [-0.2, 0) is 6.42 Å². The molecule has 2 heterocycles. The summed E-state index contributed by atoms with van der Waals surface area (Å²) in [5, 5.41) is 0.943. The minimum absolute atomic E-state index is 0.138. The van der Waals surface area contributed by atoms with Crippen molar-refractivity contribution in [2.75, 3.05) is 26.2 Å². The van der Waals surface area contributed by atoms with Crippen LogP contribution < -0.4 is 0 Å². The fourth-order valence-electron chi connectivity index (χ4n) is 3.50. The number of thiazole rings is 1. The van der Waals surface area contributed by atoms with Crippen molar-refractivity contribution in [2.45, 2.75) is 53.0 Å². The Morgan fingerprint density at radius 3 is 2.41 bits per heavy atom. The molecule has 1 aliphatic heterocycles. The molecule has 27 heavy (non-hydrogen) atoms. The van der Waals surface area contributed by atoms with E-state index in [1.165, 1.54) is 29.7 Å². The predicted octanol–water partition coefficient (Wildman–Crippen LogP) is 4.63. The quantitative estimate of drug-likeness (QED) is 0.727. The smallest absolute Gasteiger partial charge is 0.265 e. The van der Waals surface area contributed by atoms with Crippen molar-refractivity contribution >= 4 is 17.2 Å². The summed E-state index contributed by atoms with van der Waals surface area (Å²) in [4.78, 5) is 22.9. The maximum atomic E-state index is 13.0. The van der Waals surface area contributed by atoms with Gasteiger partial charge in [0.15, 0.2) is 0 Å². The zero-order chi connectivity index (χ0) is 19.4. The normalized spacial score (nSPS) is 15.5. The number of piperazine rings is 1. The third-order valence-corrected chi connectivity index (χ3v) is 6.54. The van der Waals surface area contributed by atoms with Gasteiger partial charge in [0, 0.05) is 37.8 Å². The molecule has 1 aromatic carbocycles. The second-order valence-corrected chi connectivity index (χ2v) is 8.66. The van der Waals surface area contributed by atoms with Crippen LogP contribution in [0.25, 0.3) is 10.6 Å². The Morgan fingerprint density at radius 1 is 1.15 bits per heavy atom. The molecular formula is C22H31N3OS. The first-order valence-electron chi connectivity index (χ1n) is 10.1. The number of aromatic nitrogens is 1. The predicted molar refractivity (Wildman–Crippen MR) is 114 cm³/mol. The second kappa shape index (κ2) is 8.98. The number of amides is 1. The van der Waals surface area contributed by atoms with E-state index in [0.717, 1.165) is 53.7 Å². The van der Waals surface area contributed by atoms with Gasteiger partial charge in [0.05, 0.1) is 5.69 Å². The van der Waals surface area contributed by atoms with Crippen LogP contribution in [0.15, 0.2) is 24.3 Å². The van der Waals surface area contributed by atoms with E-state index in [4.69, 9.17) is 4.98 Å². The first kappa shape index (κ1) is 20.0. The Labute approximate surface area is 167 Å². The number of hydrogen-bond acceptors (Lipinski definition) is 4. The van der Waals surface area contributed by atoms with E-state index in [0.29, 0.717) is 6.04 Å². The summed E-state index contributed by atoms with van der Waals surface area (Å²) in [6, 6.07) is 9.19. The van der Waals surface area contributed by atoms with Crippen molar-refractivity contribution in [2.24, 2.45) is 0 Å². The van der Waals surface area contributed by atoms with Crippen molar-refractivity contribution in [1.29, 1.82) is 0 Å². The van der Waals surface area contributed by atoms with Gasteiger partial charge in [-0.15, -0.1) is 11.3 Å². The van der Waals surface area contributed by atoms with Crippen molar-refractivity contribution in [3.8, 4) is 10.6 Å². The van der Waals surface area contributed by atoms with E-state index in [1.54, 1.807) is 0 Å². The van der Waals surface area contributed by atoms with Gasteiger partial charge in [-0.1, -0.05) is 37.6 Å². The van der Waals surface area contributed by atoms with Crippen molar-refractivity contribution < 1.29 is 4.79 Å². The molecule has 0 aliphatic carbocycles. The van der Waals surface area contributed by atoms with Gasteiger partial charge in [-0.25, -0.2) is 4.98 Å². The first-order valence-corrected chi connectivity index (χ1v) is 10.9. The minimum Gasteiger partial charge on any atom is -0.335 e. The number of hydrogen-bond donors (Lipinski definition) is 0. The van der Waals surface area contributed by atoms with Crippen LogP contribution in [0.4, 0.5) is 0 Å². The van der Waals surface area contributed by atoms with Gasteiger partial charge < -0.3 is 4.90 Å². The monoisotopic (exact) mass is 385 g/mol. The molecule has 0 radical (unpaired) electrons. The molecule has 3 rings (SSSR count). The Balaban J connectivity index is 1.70. The molecule has 1 amide bonds. The summed E-state index contributed by atoms with van der Waals surface area (Å²) in [5.74, 6) is 0.138. The van der Waals surface area contributed by atoms with E-state index in [9.17, 15) is 4.79 Å². The molecule has 0 atom stereocenters. The Morgan fingerprint density at radius 2 is 1.81 bits per heavy atom. The zero-order valence-corrected chi connectivity index (χ0v) is 17.8. The van der Waals surface area contributed by atoms with Gasteiger partial charge in [0.1, 0.15) is 9.88 Å². The molecule has 0 bridgehead atoms. The van der Waals surface area contributed by atoms with E-state index in [2.05, 4.69) is 49.9 Å². The van der Waals surface area contributed by atoms with Crippen LogP contribution in [0.1, 0.15) is 54.5 Å². The van der Waals surface area contributed by atoms with Gasteiger partial charge in [-0.2, -0.15) is 0 Å². The number of carbonyl (C=O) groups is 1. The van der Waals surface area contributed by atoms with Crippen LogP contribution in [0, 0.1) is 6.92 Å². The van der Waals surface area contributed by atoms with E-state index < -0.39 is 0 Å². The molecule has 0 unspecified atom stereocenters. The summed E-state index contributed by atoms with van der Waals surface area (Å²) in [6.45, 7) is 12.1. The number of nitrogens with zero attached hydrogens (tertiary/aromatic N) is 3. The molecule has 1 fully saturated rings. The van der Waals surface area contributed by atoms with Gasteiger partial charge in [0.25, 0.3) is 5.91 Å². The highest BCUT2D eigenvalue weighted by molar-refractivity contribution is 7.17. The number of benzene rings is 1. The number of unbranched alkanes of at least 4 members (excludes halogenated alkanes) is 1. The Hall–Kier alpha value is -1.72. The molecule has 146 valence electrons. The third kappa shape index (κ3) is 4.77. The highest BCUT2D eigenvalue weighted by Crippen LogP contribution is 2.29. The second-order valence-electron chi connectivity index (χ2n) is 7.66. The molecule has 5 heteroatoms. The first-order chi connectivity index (χ1) is 13.0. The maximum Gasteiger partial charge on any atom is 0.265 e. The van der Waals surface area contributed by atoms with Crippen LogP contribution >= 0.6 is 11.3 Å². The zero-order valence-electron chi connectivity index (χ0n) is 17.0. The lowest BCUT2D eigenvalue weighted by Gasteiger charge is -2.36. The third-order valence-electron chi connectivity index (χ3n) is 5.34. The summed E-state index contributed by atoms with van der Waals surface area (Å²) in [7, 11) is 0. The van der Waals surface area contributed by atoms with E-state index >= 15 is 0 Å². The lowest BCUT2D eigenvalue weighted by atomic mass is 10.1. The molecule has 0 saturated carbocycles. The average Bonchev–Trinajstić information content (AvgIpc) is 3.08. The van der Waals surface area contributed by atoms with Gasteiger partial charge in [-0.05, 0) is 39.2 Å². The standard InChI is InChI=1S/C22H31N3OS/c1-5-6-7-18-8-10-19(11-9-18)21-23-17(4)20(27-21)22(26)25-14-12-24(13-15-25)16(2)3/h8-11,16H,5-7,12-15H2,1-4H3. The van der Waals surface area contributed by atoms with E-state index in [1.807, 2.05) is 11.8 Å². The molecule has 0 N–H and O–H groups in total. The number of carbonyl (C=O) groups excluding carboxylic acids is 1. The lowest BCUT2D eigenvalue weighted by molar-refractivity contribution is 0.0599. The minimum atomic E-state index is 0.138.